The minimum atomic E-state index is -0.226. The number of aliphatic hydroxyl groups excluding tert-OH is 1. The van der Waals surface area contributed by atoms with E-state index in [0.717, 1.165) is 25.9 Å². The first-order chi connectivity index (χ1) is 9.72. The van der Waals surface area contributed by atoms with Crippen LogP contribution < -0.4 is 0 Å². The molecule has 1 aliphatic heterocycles. The van der Waals surface area contributed by atoms with Crippen molar-refractivity contribution in [2.75, 3.05) is 6.54 Å². The lowest BCUT2D eigenvalue weighted by atomic mass is 10.0. The van der Waals surface area contributed by atoms with Crippen LogP contribution in [0.15, 0.2) is 36.7 Å². The fourth-order valence-corrected chi connectivity index (χ4v) is 3.81. The predicted molar refractivity (Wildman–Crippen MR) is 81.8 cm³/mol. The summed E-state index contributed by atoms with van der Waals surface area (Å²) < 4.78 is 0. The Morgan fingerprint density at radius 1 is 1.40 bits per heavy atom. The van der Waals surface area contributed by atoms with Gasteiger partial charge in [-0.1, -0.05) is 6.07 Å². The summed E-state index contributed by atoms with van der Waals surface area (Å²) in [6.07, 6.45) is 5.21. The van der Waals surface area contributed by atoms with E-state index in [9.17, 15) is 5.11 Å². The summed E-state index contributed by atoms with van der Waals surface area (Å²) in [7, 11) is 0. The van der Waals surface area contributed by atoms with Crippen LogP contribution in [0.2, 0.25) is 0 Å². The summed E-state index contributed by atoms with van der Waals surface area (Å²) in [5.41, 5.74) is 1.20. The molecule has 0 unspecified atom stereocenters. The van der Waals surface area contributed by atoms with Gasteiger partial charge in [-0.15, -0.1) is 11.3 Å². The molecule has 0 spiro atoms. The number of rotatable bonds is 4. The molecule has 1 N–H and O–H groups in total. The molecule has 0 saturated carbocycles. The van der Waals surface area contributed by atoms with Crippen LogP contribution in [0.3, 0.4) is 0 Å². The number of aliphatic hydroxyl groups is 1. The lowest BCUT2D eigenvalue weighted by Gasteiger charge is -2.25. The van der Waals surface area contributed by atoms with E-state index in [4.69, 9.17) is 0 Å². The molecule has 106 valence electrons. The maximum atomic E-state index is 10.2. The Labute approximate surface area is 123 Å². The van der Waals surface area contributed by atoms with Crippen LogP contribution in [0.25, 0.3) is 0 Å². The number of hydrogen-bond donors (Lipinski definition) is 1. The van der Waals surface area contributed by atoms with Crippen molar-refractivity contribution in [2.24, 2.45) is 0 Å². The molecule has 2 aromatic heterocycles. The Bertz CT molecular complexity index is 555. The Morgan fingerprint density at radius 3 is 3.00 bits per heavy atom. The number of thiophene rings is 1. The molecule has 0 amide bonds. The first-order valence-corrected chi connectivity index (χ1v) is 7.90. The Morgan fingerprint density at radius 2 is 2.30 bits per heavy atom. The van der Waals surface area contributed by atoms with E-state index in [2.05, 4.69) is 35.0 Å². The summed E-state index contributed by atoms with van der Waals surface area (Å²) in [4.78, 5) is 9.30. The van der Waals surface area contributed by atoms with Gasteiger partial charge in [-0.25, -0.2) is 0 Å². The molecule has 0 aromatic carbocycles. The van der Waals surface area contributed by atoms with Gasteiger partial charge in [-0.2, -0.15) is 0 Å². The third-order valence-corrected chi connectivity index (χ3v) is 4.93. The molecule has 2 atom stereocenters. The zero-order valence-electron chi connectivity index (χ0n) is 11.7. The molecular weight excluding hydrogens is 268 g/mol. The van der Waals surface area contributed by atoms with E-state index < -0.39 is 0 Å². The summed E-state index contributed by atoms with van der Waals surface area (Å²) in [6, 6.07) is 8.63. The second-order valence-corrected chi connectivity index (χ2v) is 6.84. The van der Waals surface area contributed by atoms with Crippen molar-refractivity contribution in [1.29, 1.82) is 0 Å². The molecule has 3 nitrogen and oxygen atoms in total. The summed E-state index contributed by atoms with van der Waals surface area (Å²) >= 11 is 1.85. The fraction of sp³-hybridized carbons (Fsp3) is 0.438. The molecule has 3 heterocycles. The lowest BCUT2D eigenvalue weighted by molar-refractivity contribution is 0.113. The number of likely N-dealkylation sites (tertiary alicyclic amines) is 1. The average molecular weight is 288 g/mol. The monoisotopic (exact) mass is 288 g/mol. The van der Waals surface area contributed by atoms with Crippen LogP contribution in [0, 0.1) is 6.92 Å². The molecule has 1 saturated heterocycles. The summed E-state index contributed by atoms with van der Waals surface area (Å²) in [6.45, 7) is 4.06. The van der Waals surface area contributed by atoms with Crippen LogP contribution in [0.4, 0.5) is 0 Å². The van der Waals surface area contributed by atoms with Gasteiger partial charge in [0.1, 0.15) is 0 Å². The highest BCUT2D eigenvalue weighted by molar-refractivity contribution is 7.11. The van der Waals surface area contributed by atoms with Gasteiger partial charge < -0.3 is 5.11 Å². The van der Waals surface area contributed by atoms with Crippen molar-refractivity contribution in [3.05, 3.63) is 52.0 Å². The van der Waals surface area contributed by atoms with Crippen LogP contribution in [-0.2, 0) is 13.0 Å². The van der Waals surface area contributed by atoms with Crippen molar-refractivity contribution in [3.63, 3.8) is 0 Å². The largest absolute Gasteiger partial charge is 0.391 e. The first-order valence-electron chi connectivity index (χ1n) is 7.09. The molecule has 20 heavy (non-hydrogen) atoms. The molecule has 0 aliphatic carbocycles. The number of pyridine rings is 1. The summed E-state index contributed by atoms with van der Waals surface area (Å²) in [5.74, 6) is 0. The smallest absolute Gasteiger partial charge is 0.0710 e. The predicted octanol–water partition coefficient (Wildman–Crippen LogP) is 2.63. The normalized spacial score (nSPS) is 23.3. The highest BCUT2D eigenvalue weighted by Gasteiger charge is 2.32. The quantitative estimate of drug-likeness (QED) is 0.939. The maximum absolute atomic E-state index is 10.2. The number of nitrogens with zero attached hydrogens (tertiary/aromatic N) is 2. The Balaban J connectivity index is 1.70. The number of hydrogen-bond acceptors (Lipinski definition) is 4. The van der Waals surface area contributed by atoms with Gasteiger partial charge in [0.25, 0.3) is 0 Å². The van der Waals surface area contributed by atoms with Crippen molar-refractivity contribution in [2.45, 2.75) is 38.5 Å². The van der Waals surface area contributed by atoms with E-state index in [0.29, 0.717) is 0 Å². The fourth-order valence-electron chi connectivity index (χ4n) is 2.89. The summed E-state index contributed by atoms with van der Waals surface area (Å²) in [5, 5.41) is 10.2. The van der Waals surface area contributed by atoms with Crippen molar-refractivity contribution in [3.8, 4) is 0 Å². The minimum absolute atomic E-state index is 0.210. The third kappa shape index (κ3) is 3.08. The van der Waals surface area contributed by atoms with Crippen molar-refractivity contribution >= 4 is 11.3 Å². The standard InChI is InChI=1S/C16H20N2OS/c1-12-4-5-14(20-12)11-18-8-6-16(19)15(18)9-13-3-2-7-17-10-13/h2-5,7,10,15-16,19H,6,8-9,11H2,1H3/t15-,16+/m0/s1. The molecular formula is C16H20N2OS. The van der Waals surface area contributed by atoms with E-state index in [1.54, 1.807) is 6.20 Å². The second kappa shape index (κ2) is 6.04. The molecule has 0 bridgehead atoms. The van der Waals surface area contributed by atoms with Gasteiger partial charge in [0.2, 0.25) is 0 Å². The molecule has 1 aliphatic rings. The number of aryl methyl sites for hydroxylation is 1. The maximum Gasteiger partial charge on any atom is 0.0710 e. The molecule has 0 radical (unpaired) electrons. The molecule has 4 heteroatoms. The Kier molecular flexibility index (Phi) is 4.15. The van der Waals surface area contributed by atoms with E-state index >= 15 is 0 Å². The van der Waals surface area contributed by atoms with Crippen molar-refractivity contribution < 1.29 is 5.11 Å². The van der Waals surface area contributed by atoms with E-state index in [1.165, 1.54) is 15.3 Å². The van der Waals surface area contributed by atoms with Gasteiger partial charge >= 0.3 is 0 Å². The van der Waals surface area contributed by atoms with Gasteiger partial charge in [0.15, 0.2) is 0 Å². The van der Waals surface area contributed by atoms with Crippen LogP contribution in [-0.4, -0.2) is 33.7 Å². The van der Waals surface area contributed by atoms with E-state index in [1.807, 2.05) is 23.6 Å². The van der Waals surface area contributed by atoms with Crippen LogP contribution >= 0.6 is 11.3 Å². The third-order valence-electron chi connectivity index (χ3n) is 3.95. The highest BCUT2D eigenvalue weighted by atomic mass is 32.1. The Hall–Kier alpha value is -1.23. The second-order valence-electron chi connectivity index (χ2n) is 5.47. The lowest BCUT2D eigenvalue weighted by Crippen LogP contribution is -2.36. The van der Waals surface area contributed by atoms with Gasteiger partial charge in [0.05, 0.1) is 6.10 Å². The molecule has 1 fully saturated rings. The highest BCUT2D eigenvalue weighted by Crippen LogP contribution is 2.26. The van der Waals surface area contributed by atoms with Crippen LogP contribution in [0.5, 0.6) is 0 Å². The average Bonchev–Trinajstić information content (AvgIpc) is 3.01. The number of aromatic nitrogens is 1. The zero-order chi connectivity index (χ0) is 13.9. The van der Waals surface area contributed by atoms with E-state index in [-0.39, 0.29) is 12.1 Å². The van der Waals surface area contributed by atoms with Crippen LogP contribution in [0.1, 0.15) is 21.7 Å². The topological polar surface area (TPSA) is 36.4 Å². The van der Waals surface area contributed by atoms with Gasteiger partial charge in [-0.05, 0) is 43.5 Å². The molecule has 3 rings (SSSR count). The molecule has 2 aromatic rings. The van der Waals surface area contributed by atoms with Gasteiger partial charge in [0, 0.05) is 41.3 Å². The zero-order valence-corrected chi connectivity index (χ0v) is 12.5. The first kappa shape index (κ1) is 13.7. The minimum Gasteiger partial charge on any atom is -0.391 e. The SMILES string of the molecule is Cc1ccc(CN2CC[C@@H](O)[C@@H]2Cc2cccnc2)s1. The van der Waals surface area contributed by atoms with Crippen molar-refractivity contribution in [1.82, 2.24) is 9.88 Å². The van der Waals surface area contributed by atoms with Gasteiger partial charge in [-0.3, -0.25) is 9.88 Å².